The van der Waals surface area contributed by atoms with E-state index in [1.165, 1.54) is 12.1 Å². The number of halogens is 1. The van der Waals surface area contributed by atoms with E-state index >= 15 is 0 Å². The van der Waals surface area contributed by atoms with Gasteiger partial charge in [0.05, 0.1) is 19.3 Å². The summed E-state index contributed by atoms with van der Waals surface area (Å²) in [7, 11) is 0. The smallest absolute Gasteiger partial charge is 0.200 e. The van der Waals surface area contributed by atoms with Crippen molar-refractivity contribution >= 4 is 5.78 Å². The summed E-state index contributed by atoms with van der Waals surface area (Å²) in [5.74, 6) is 0.576. The minimum atomic E-state index is -0.347. The molecule has 0 N–H and O–H groups in total. The van der Waals surface area contributed by atoms with Crippen LogP contribution in [0.25, 0.3) is 11.1 Å². The maximum absolute atomic E-state index is 13.9. The van der Waals surface area contributed by atoms with Crippen molar-refractivity contribution in [2.75, 3.05) is 6.61 Å². The van der Waals surface area contributed by atoms with Crippen molar-refractivity contribution in [2.24, 2.45) is 0 Å². The molecule has 178 valence electrons. The second-order valence-corrected chi connectivity index (χ2v) is 8.76. The Hall–Kier alpha value is -3.02. The zero-order valence-electron chi connectivity index (χ0n) is 19.5. The lowest BCUT2D eigenvalue weighted by molar-refractivity contribution is -0.157. The standard InChI is InChI=1S/C29H31FO4/c1-21(31)7-5-10-23-13-14-26(18-28(23)24-11-6-12-25(30)17-24)34-29-16-15-27(20-33-29)32-19-22-8-3-2-4-9-22/h2-4,6,8-9,11-14,17-18,27,29H,5,7,10,15-16,19-20H2,1H3. The SMILES string of the molecule is CC(=O)CCCc1ccc(OC2CCC(OCc3ccccc3)CO2)cc1-c1cccc(F)c1. The zero-order chi connectivity index (χ0) is 23.8. The summed E-state index contributed by atoms with van der Waals surface area (Å²) in [5, 5.41) is 0. The molecular weight excluding hydrogens is 431 g/mol. The van der Waals surface area contributed by atoms with Crippen LogP contribution in [-0.2, 0) is 27.3 Å². The Morgan fingerprint density at radius 2 is 1.88 bits per heavy atom. The molecule has 0 saturated carbocycles. The third-order valence-electron chi connectivity index (χ3n) is 5.98. The number of hydrogen-bond acceptors (Lipinski definition) is 4. The molecular formula is C29H31FO4. The Morgan fingerprint density at radius 3 is 2.62 bits per heavy atom. The van der Waals surface area contributed by atoms with Crippen LogP contribution < -0.4 is 4.74 Å². The molecule has 0 aromatic heterocycles. The summed E-state index contributed by atoms with van der Waals surface area (Å²) < 4.78 is 32.0. The van der Waals surface area contributed by atoms with Gasteiger partial charge in [-0.2, -0.15) is 0 Å². The van der Waals surface area contributed by atoms with E-state index < -0.39 is 0 Å². The van der Waals surface area contributed by atoms with Crippen molar-refractivity contribution in [3.63, 3.8) is 0 Å². The fraction of sp³-hybridized carbons (Fsp3) is 0.345. The first-order valence-electron chi connectivity index (χ1n) is 11.9. The van der Waals surface area contributed by atoms with Crippen LogP contribution in [0.2, 0.25) is 0 Å². The van der Waals surface area contributed by atoms with Gasteiger partial charge in [-0.1, -0.05) is 48.5 Å². The van der Waals surface area contributed by atoms with Gasteiger partial charge in [-0.3, -0.25) is 0 Å². The molecule has 0 amide bonds. The quantitative estimate of drug-likeness (QED) is 0.345. The number of ether oxygens (including phenoxy) is 3. The highest BCUT2D eigenvalue weighted by Gasteiger charge is 2.24. The van der Waals surface area contributed by atoms with Gasteiger partial charge in [0.2, 0.25) is 0 Å². The Kier molecular flexibility index (Phi) is 8.45. The molecule has 34 heavy (non-hydrogen) atoms. The number of aryl methyl sites for hydroxylation is 1. The van der Waals surface area contributed by atoms with Crippen LogP contribution in [0.5, 0.6) is 5.75 Å². The van der Waals surface area contributed by atoms with Gasteiger partial charge in [-0.05, 0) is 72.7 Å². The molecule has 1 aliphatic rings. The first kappa shape index (κ1) is 24.1. The molecule has 5 heteroatoms. The number of hydrogen-bond donors (Lipinski definition) is 0. The largest absolute Gasteiger partial charge is 0.465 e. The second-order valence-electron chi connectivity index (χ2n) is 8.76. The van der Waals surface area contributed by atoms with E-state index in [1.807, 2.05) is 42.5 Å². The minimum Gasteiger partial charge on any atom is -0.465 e. The fourth-order valence-electron chi connectivity index (χ4n) is 4.17. The number of ketones is 1. The van der Waals surface area contributed by atoms with Gasteiger partial charge >= 0.3 is 0 Å². The van der Waals surface area contributed by atoms with Gasteiger partial charge in [0.1, 0.15) is 17.3 Å². The number of rotatable bonds is 10. The average molecular weight is 463 g/mol. The van der Waals surface area contributed by atoms with E-state index in [-0.39, 0.29) is 24.0 Å². The van der Waals surface area contributed by atoms with Crippen molar-refractivity contribution < 1.29 is 23.4 Å². The topological polar surface area (TPSA) is 44.8 Å². The van der Waals surface area contributed by atoms with Crippen molar-refractivity contribution in [1.29, 1.82) is 0 Å². The summed E-state index contributed by atoms with van der Waals surface area (Å²) in [6.07, 6.45) is 3.32. The number of benzene rings is 3. The molecule has 4 rings (SSSR count). The molecule has 3 aromatic carbocycles. The molecule has 1 heterocycles. The first-order valence-corrected chi connectivity index (χ1v) is 11.9. The summed E-state index contributed by atoms with van der Waals surface area (Å²) in [5.41, 5.74) is 3.93. The molecule has 2 unspecified atom stereocenters. The van der Waals surface area contributed by atoms with Gasteiger partial charge in [-0.15, -0.1) is 0 Å². The van der Waals surface area contributed by atoms with Crippen LogP contribution in [0.4, 0.5) is 4.39 Å². The van der Waals surface area contributed by atoms with E-state index in [0.717, 1.165) is 47.9 Å². The minimum absolute atomic E-state index is 0.0477. The van der Waals surface area contributed by atoms with Crippen LogP contribution in [0, 0.1) is 5.82 Å². The van der Waals surface area contributed by atoms with Crippen LogP contribution in [-0.4, -0.2) is 24.8 Å². The van der Waals surface area contributed by atoms with E-state index in [9.17, 15) is 9.18 Å². The number of carbonyl (C=O) groups excluding carboxylic acids is 1. The molecule has 0 aliphatic carbocycles. The molecule has 4 nitrogen and oxygen atoms in total. The Bertz CT molecular complexity index is 1070. The molecule has 0 radical (unpaired) electrons. The first-order chi connectivity index (χ1) is 16.6. The van der Waals surface area contributed by atoms with Gasteiger partial charge in [0.25, 0.3) is 0 Å². The van der Waals surface area contributed by atoms with Gasteiger partial charge in [-0.25, -0.2) is 4.39 Å². The molecule has 2 atom stereocenters. The summed E-state index contributed by atoms with van der Waals surface area (Å²) in [6.45, 7) is 2.66. The van der Waals surface area contributed by atoms with E-state index in [1.54, 1.807) is 13.0 Å². The lowest BCUT2D eigenvalue weighted by Gasteiger charge is -2.29. The third kappa shape index (κ3) is 6.99. The van der Waals surface area contributed by atoms with Gasteiger partial charge in [0, 0.05) is 12.8 Å². The molecule has 1 saturated heterocycles. The van der Waals surface area contributed by atoms with Crippen LogP contribution >= 0.6 is 0 Å². The predicted octanol–water partition coefficient (Wildman–Crippen LogP) is 6.51. The molecule has 1 aliphatic heterocycles. The predicted molar refractivity (Wildman–Crippen MR) is 130 cm³/mol. The van der Waals surface area contributed by atoms with Crippen LogP contribution in [0.1, 0.15) is 43.7 Å². The van der Waals surface area contributed by atoms with Crippen molar-refractivity contribution in [2.45, 2.75) is 58.0 Å². The zero-order valence-corrected chi connectivity index (χ0v) is 19.5. The van der Waals surface area contributed by atoms with Crippen LogP contribution in [0.15, 0.2) is 72.8 Å². The summed E-state index contributed by atoms with van der Waals surface area (Å²) in [6, 6.07) is 22.5. The molecule has 3 aromatic rings. The highest BCUT2D eigenvalue weighted by molar-refractivity contribution is 5.75. The second kappa shape index (κ2) is 11.9. The van der Waals surface area contributed by atoms with Gasteiger partial charge in [0.15, 0.2) is 6.29 Å². The Labute approximate surface area is 200 Å². The normalized spacial score (nSPS) is 17.9. The van der Waals surface area contributed by atoms with E-state index in [2.05, 4.69) is 12.1 Å². The average Bonchev–Trinajstić information content (AvgIpc) is 2.85. The molecule has 0 bridgehead atoms. The summed E-state index contributed by atoms with van der Waals surface area (Å²) >= 11 is 0. The Morgan fingerprint density at radius 1 is 1.03 bits per heavy atom. The number of Topliss-reactive ketones (excluding diaryl/α,β-unsaturated/α-hetero) is 1. The monoisotopic (exact) mass is 462 g/mol. The summed E-state index contributed by atoms with van der Waals surface area (Å²) in [4.78, 5) is 11.4. The highest BCUT2D eigenvalue weighted by atomic mass is 19.1. The van der Waals surface area contributed by atoms with E-state index in [0.29, 0.717) is 25.4 Å². The van der Waals surface area contributed by atoms with Gasteiger partial charge < -0.3 is 19.0 Å². The van der Waals surface area contributed by atoms with Crippen molar-refractivity contribution in [3.05, 3.63) is 89.7 Å². The third-order valence-corrected chi connectivity index (χ3v) is 5.98. The molecule has 0 spiro atoms. The maximum atomic E-state index is 13.9. The fourth-order valence-corrected chi connectivity index (χ4v) is 4.17. The highest BCUT2D eigenvalue weighted by Crippen LogP contribution is 2.31. The van der Waals surface area contributed by atoms with Crippen molar-refractivity contribution in [1.82, 2.24) is 0 Å². The Balaban J connectivity index is 1.38. The lowest BCUT2D eigenvalue weighted by atomic mass is 9.95. The maximum Gasteiger partial charge on any atom is 0.200 e. The van der Waals surface area contributed by atoms with Crippen molar-refractivity contribution in [3.8, 4) is 16.9 Å². The van der Waals surface area contributed by atoms with Crippen LogP contribution in [0.3, 0.4) is 0 Å². The molecule has 1 fully saturated rings. The number of carbonyl (C=O) groups is 1. The van der Waals surface area contributed by atoms with E-state index in [4.69, 9.17) is 14.2 Å². The lowest BCUT2D eigenvalue weighted by Crippen LogP contribution is -2.34.